The van der Waals surface area contributed by atoms with Crippen molar-refractivity contribution < 1.29 is 9.53 Å². The maximum Gasteiger partial charge on any atom is 0.333 e. The number of alkyl halides is 3. The highest BCUT2D eigenvalue weighted by Gasteiger charge is 2.25. The van der Waals surface area contributed by atoms with E-state index in [1.807, 2.05) is 30.3 Å². The molecule has 5 heteroatoms. The van der Waals surface area contributed by atoms with Crippen molar-refractivity contribution in [2.24, 2.45) is 0 Å². The highest BCUT2D eigenvalue weighted by Crippen LogP contribution is 2.34. The van der Waals surface area contributed by atoms with Crippen molar-refractivity contribution in [2.45, 2.75) is 10.2 Å². The highest BCUT2D eigenvalue weighted by molar-refractivity contribution is 6.67. The number of halogens is 3. The van der Waals surface area contributed by atoms with Crippen LogP contribution in [0.4, 0.5) is 0 Å². The molecule has 0 spiro atoms. The van der Waals surface area contributed by atoms with Crippen molar-refractivity contribution in [3.05, 3.63) is 41.5 Å². The number of hydrogen-bond acceptors (Lipinski definition) is 2. The molecule has 0 bridgehead atoms. The average Bonchev–Trinajstić information content (AvgIpc) is 2.27. The third-order valence-electron chi connectivity index (χ3n) is 1.98. The van der Waals surface area contributed by atoms with Crippen molar-refractivity contribution >= 4 is 46.8 Å². The van der Waals surface area contributed by atoms with Crippen LogP contribution in [0, 0.1) is 0 Å². The van der Waals surface area contributed by atoms with Gasteiger partial charge < -0.3 is 4.74 Å². The molecule has 0 amide bonds. The van der Waals surface area contributed by atoms with Crippen molar-refractivity contribution in [3.63, 3.8) is 0 Å². The van der Waals surface area contributed by atoms with Crippen LogP contribution in [0.2, 0.25) is 0 Å². The molecule has 1 aromatic rings. The minimum absolute atomic E-state index is 0.000760. The van der Waals surface area contributed by atoms with Crippen molar-refractivity contribution in [1.82, 2.24) is 0 Å². The molecule has 1 aromatic carbocycles. The third kappa shape index (κ3) is 5.44. The summed E-state index contributed by atoms with van der Waals surface area (Å²) in [6.45, 7) is 0. The molecule has 0 atom stereocenters. The molecule has 0 aliphatic carbocycles. The first-order valence-electron chi connectivity index (χ1n) is 4.83. The lowest BCUT2D eigenvalue weighted by Crippen LogP contribution is -2.12. The van der Waals surface area contributed by atoms with Crippen molar-refractivity contribution in [2.75, 3.05) is 7.11 Å². The molecule has 1 rings (SSSR count). The Hall–Kier alpha value is -0.700. The normalized spacial score (nSPS) is 12.4. The zero-order valence-corrected chi connectivity index (χ0v) is 11.4. The Morgan fingerprint density at radius 1 is 1.29 bits per heavy atom. The standard InChI is InChI=1S/C12H11Cl3O2/c1-17-11(16)10(8-12(13,14)15)7-9-5-3-2-4-6-9/h2-7H,8H2,1H3. The Kier molecular flexibility index (Phi) is 5.31. The number of carbonyl (C=O) groups excluding carboxylic acids is 1. The van der Waals surface area contributed by atoms with Gasteiger partial charge in [0, 0.05) is 12.0 Å². The Morgan fingerprint density at radius 2 is 1.88 bits per heavy atom. The molecule has 92 valence electrons. The fourth-order valence-electron chi connectivity index (χ4n) is 1.28. The van der Waals surface area contributed by atoms with E-state index >= 15 is 0 Å². The van der Waals surface area contributed by atoms with E-state index in [1.54, 1.807) is 6.08 Å². The summed E-state index contributed by atoms with van der Waals surface area (Å²) >= 11 is 17.0. The van der Waals surface area contributed by atoms with Crippen LogP contribution in [-0.4, -0.2) is 16.9 Å². The number of carbonyl (C=O) groups is 1. The zero-order valence-electron chi connectivity index (χ0n) is 9.12. The van der Waals surface area contributed by atoms with Crippen molar-refractivity contribution in [3.8, 4) is 0 Å². The Bertz CT molecular complexity index is 408. The number of rotatable bonds is 3. The number of hydrogen-bond donors (Lipinski definition) is 0. The predicted molar refractivity (Wildman–Crippen MR) is 71.3 cm³/mol. The van der Waals surface area contributed by atoms with Gasteiger partial charge in [-0.25, -0.2) is 4.79 Å². The van der Waals surface area contributed by atoms with Crippen LogP contribution >= 0.6 is 34.8 Å². The van der Waals surface area contributed by atoms with Gasteiger partial charge in [0.15, 0.2) is 3.79 Å². The van der Waals surface area contributed by atoms with E-state index in [2.05, 4.69) is 4.74 Å². The lowest BCUT2D eigenvalue weighted by molar-refractivity contribution is -0.136. The molecule has 0 fully saturated rings. The summed E-state index contributed by atoms with van der Waals surface area (Å²) in [5, 5.41) is 0. The van der Waals surface area contributed by atoms with Crippen LogP contribution in [0.5, 0.6) is 0 Å². The second kappa shape index (κ2) is 6.29. The van der Waals surface area contributed by atoms with Crippen LogP contribution in [-0.2, 0) is 9.53 Å². The van der Waals surface area contributed by atoms with Gasteiger partial charge in [-0.1, -0.05) is 65.1 Å². The van der Waals surface area contributed by atoms with Gasteiger partial charge in [0.25, 0.3) is 0 Å². The van der Waals surface area contributed by atoms with E-state index in [-0.39, 0.29) is 6.42 Å². The Morgan fingerprint density at radius 3 is 2.35 bits per heavy atom. The molecule has 0 saturated carbocycles. The lowest BCUT2D eigenvalue weighted by Gasteiger charge is -2.12. The van der Waals surface area contributed by atoms with Gasteiger partial charge >= 0.3 is 5.97 Å². The van der Waals surface area contributed by atoms with Crippen LogP contribution < -0.4 is 0 Å². The largest absolute Gasteiger partial charge is 0.466 e. The summed E-state index contributed by atoms with van der Waals surface area (Å²) in [5.41, 5.74) is 1.17. The number of ether oxygens (including phenoxy) is 1. The van der Waals surface area contributed by atoms with E-state index in [0.717, 1.165) is 5.56 Å². The minimum Gasteiger partial charge on any atom is -0.466 e. The van der Waals surface area contributed by atoms with Crippen LogP contribution in [0.15, 0.2) is 35.9 Å². The predicted octanol–water partition coefficient (Wildman–Crippen LogP) is 4.00. The highest BCUT2D eigenvalue weighted by atomic mass is 35.6. The fraction of sp³-hybridized carbons (Fsp3) is 0.250. The number of methoxy groups -OCH3 is 1. The molecule has 0 aliphatic heterocycles. The van der Waals surface area contributed by atoms with E-state index in [4.69, 9.17) is 34.8 Å². The molecule has 0 aromatic heterocycles. The second-order valence-corrected chi connectivity index (χ2v) is 5.88. The van der Waals surface area contributed by atoms with Gasteiger partial charge in [-0.05, 0) is 11.6 Å². The van der Waals surface area contributed by atoms with Gasteiger partial charge in [-0.15, -0.1) is 0 Å². The summed E-state index contributed by atoms with van der Waals surface area (Å²) in [5.74, 6) is -0.500. The van der Waals surface area contributed by atoms with E-state index < -0.39 is 9.76 Å². The van der Waals surface area contributed by atoms with E-state index in [1.165, 1.54) is 7.11 Å². The van der Waals surface area contributed by atoms with Gasteiger partial charge in [-0.3, -0.25) is 0 Å². The van der Waals surface area contributed by atoms with Crippen molar-refractivity contribution in [1.29, 1.82) is 0 Å². The fourth-order valence-corrected chi connectivity index (χ4v) is 1.71. The summed E-state index contributed by atoms with van der Waals surface area (Å²) in [6.07, 6.45) is 1.65. The molecule has 0 unspecified atom stereocenters. The molecular formula is C12H11Cl3O2. The zero-order chi connectivity index (χ0) is 12.9. The summed E-state index contributed by atoms with van der Waals surface area (Å²) < 4.78 is 3.13. The topological polar surface area (TPSA) is 26.3 Å². The van der Waals surface area contributed by atoms with Crippen LogP contribution in [0.1, 0.15) is 12.0 Å². The molecular weight excluding hydrogens is 282 g/mol. The Labute approximate surface area is 115 Å². The number of benzene rings is 1. The molecule has 0 N–H and O–H groups in total. The van der Waals surface area contributed by atoms with E-state index in [0.29, 0.717) is 5.57 Å². The maximum absolute atomic E-state index is 11.5. The second-order valence-electron chi connectivity index (χ2n) is 3.36. The lowest BCUT2D eigenvalue weighted by atomic mass is 10.1. The van der Waals surface area contributed by atoms with Gasteiger partial charge in [0.2, 0.25) is 0 Å². The maximum atomic E-state index is 11.5. The average molecular weight is 294 g/mol. The third-order valence-corrected chi connectivity index (χ3v) is 2.38. The molecule has 0 heterocycles. The Balaban J connectivity index is 2.99. The van der Waals surface area contributed by atoms with Crippen LogP contribution in [0.25, 0.3) is 6.08 Å². The molecule has 2 nitrogen and oxygen atoms in total. The molecule has 0 saturated heterocycles. The first kappa shape index (κ1) is 14.4. The van der Waals surface area contributed by atoms with Crippen LogP contribution in [0.3, 0.4) is 0 Å². The molecule has 0 aliphatic rings. The quantitative estimate of drug-likeness (QED) is 0.478. The molecule has 17 heavy (non-hydrogen) atoms. The SMILES string of the molecule is COC(=O)C(=Cc1ccccc1)CC(Cl)(Cl)Cl. The summed E-state index contributed by atoms with van der Waals surface area (Å²) in [6, 6.07) is 9.29. The first-order valence-corrected chi connectivity index (χ1v) is 5.96. The molecule has 0 radical (unpaired) electrons. The monoisotopic (exact) mass is 292 g/mol. The van der Waals surface area contributed by atoms with Gasteiger partial charge in [0.1, 0.15) is 0 Å². The smallest absolute Gasteiger partial charge is 0.333 e. The summed E-state index contributed by atoms with van der Waals surface area (Å²) in [7, 11) is 1.29. The number of esters is 1. The first-order chi connectivity index (χ1) is 7.92. The van der Waals surface area contributed by atoms with Gasteiger partial charge in [0.05, 0.1) is 7.11 Å². The van der Waals surface area contributed by atoms with Gasteiger partial charge in [-0.2, -0.15) is 0 Å². The van der Waals surface area contributed by atoms with E-state index in [9.17, 15) is 4.79 Å². The minimum atomic E-state index is -1.52. The summed E-state index contributed by atoms with van der Waals surface area (Å²) in [4.78, 5) is 11.5.